The summed E-state index contributed by atoms with van der Waals surface area (Å²) in [6, 6.07) is 3.27. The van der Waals surface area contributed by atoms with Gasteiger partial charge in [0.25, 0.3) is 0 Å². The van der Waals surface area contributed by atoms with Crippen LogP contribution in [0.3, 0.4) is 0 Å². The van der Waals surface area contributed by atoms with Crippen molar-refractivity contribution in [2.45, 2.75) is 26.8 Å². The number of aromatic nitrogens is 1. The first kappa shape index (κ1) is 13.1. The number of rotatable bonds is 3. The lowest BCUT2D eigenvalue weighted by molar-refractivity contribution is 0.499. The fourth-order valence-electron chi connectivity index (χ4n) is 1.88. The highest BCUT2D eigenvalue weighted by Crippen LogP contribution is 2.25. The van der Waals surface area contributed by atoms with E-state index in [1.807, 2.05) is 26.8 Å². The molecule has 2 aromatic heterocycles. The average Bonchev–Trinajstić information content (AvgIpc) is 2.62. The van der Waals surface area contributed by atoms with Crippen LogP contribution in [0.25, 0.3) is 0 Å². The van der Waals surface area contributed by atoms with E-state index in [1.165, 1.54) is 6.07 Å². The first-order chi connectivity index (χ1) is 8.47. The van der Waals surface area contributed by atoms with E-state index in [-0.39, 0.29) is 17.7 Å². The van der Waals surface area contributed by atoms with Crippen LogP contribution in [0.5, 0.6) is 0 Å². The summed E-state index contributed by atoms with van der Waals surface area (Å²) >= 11 is 3.18. The van der Waals surface area contributed by atoms with Crippen LogP contribution in [0, 0.1) is 19.7 Å². The molecule has 5 heteroatoms. The lowest BCUT2D eigenvalue weighted by atomic mass is 10.1. The van der Waals surface area contributed by atoms with Crippen molar-refractivity contribution in [2.24, 2.45) is 0 Å². The lowest BCUT2D eigenvalue weighted by Crippen LogP contribution is -2.09. The monoisotopic (exact) mass is 312 g/mol. The van der Waals surface area contributed by atoms with E-state index in [9.17, 15) is 4.39 Å². The van der Waals surface area contributed by atoms with Gasteiger partial charge in [0.05, 0.1) is 6.04 Å². The molecule has 1 unspecified atom stereocenters. The Bertz CT molecular complexity index is 568. The molecule has 0 radical (unpaired) electrons. The van der Waals surface area contributed by atoms with Crippen LogP contribution in [-0.4, -0.2) is 4.98 Å². The van der Waals surface area contributed by atoms with Gasteiger partial charge in [0, 0.05) is 16.2 Å². The van der Waals surface area contributed by atoms with E-state index in [0.717, 1.165) is 17.1 Å². The van der Waals surface area contributed by atoms with Crippen molar-refractivity contribution in [3.63, 3.8) is 0 Å². The molecule has 0 aliphatic carbocycles. The van der Waals surface area contributed by atoms with Crippen LogP contribution in [-0.2, 0) is 0 Å². The highest BCUT2D eigenvalue weighted by atomic mass is 79.9. The molecule has 0 aliphatic rings. The third-order valence-corrected chi connectivity index (χ3v) is 3.14. The molecule has 96 valence electrons. The first-order valence-corrected chi connectivity index (χ1v) is 6.41. The number of hydrogen-bond donors (Lipinski definition) is 1. The van der Waals surface area contributed by atoms with E-state index in [2.05, 4.69) is 26.2 Å². The molecule has 0 aliphatic heterocycles. The second-order valence-electron chi connectivity index (χ2n) is 4.22. The number of nitrogens with one attached hydrogen (secondary N) is 1. The van der Waals surface area contributed by atoms with Crippen LogP contribution >= 0.6 is 15.9 Å². The lowest BCUT2D eigenvalue weighted by Gasteiger charge is -2.14. The molecular formula is C13H14BrFN2O. The minimum atomic E-state index is -0.380. The van der Waals surface area contributed by atoms with Crippen molar-refractivity contribution < 1.29 is 8.81 Å². The summed E-state index contributed by atoms with van der Waals surface area (Å²) in [6.07, 6.45) is 1.56. The third-order valence-electron chi connectivity index (χ3n) is 2.71. The summed E-state index contributed by atoms with van der Waals surface area (Å²) in [6.45, 7) is 5.73. The molecule has 0 amide bonds. The molecule has 3 nitrogen and oxygen atoms in total. The summed E-state index contributed by atoms with van der Waals surface area (Å²) in [4.78, 5) is 4.02. The van der Waals surface area contributed by atoms with Gasteiger partial charge in [-0.15, -0.1) is 0 Å². The molecule has 2 rings (SSSR count). The standard InChI is InChI=1S/C13H14BrFN2O/c1-7-4-11(9(3)18-7)8(2)17-13-12(15)5-10(14)6-16-13/h4-6,8H,1-3H3,(H,16,17). The predicted octanol–water partition coefficient (Wildman–Crippen LogP) is 4.37. The topological polar surface area (TPSA) is 38.1 Å². The van der Waals surface area contributed by atoms with Crippen molar-refractivity contribution in [1.29, 1.82) is 0 Å². The number of hydrogen-bond acceptors (Lipinski definition) is 3. The molecule has 0 spiro atoms. The Morgan fingerprint density at radius 2 is 2.11 bits per heavy atom. The van der Waals surface area contributed by atoms with Gasteiger partial charge in [-0.3, -0.25) is 0 Å². The maximum Gasteiger partial charge on any atom is 0.166 e. The zero-order valence-electron chi connectivity index (χ0n) is 10.4. The smallest absolute Gasteiger partial charge is 0.166 e. The van der Waals surface area contributed by atoms with Crippen LogP contribution in [0.2, 0.25) is 0 Å². The third kappa shape index (κ3) is 2.72. The van der Waals surface area contributed by atoms with Crippen LogP contribution in [0.15, 0.2) is 27.2 Å². The average molecular weight is 313 g/mol. The molecule has 0 saturated heterocycles. The van der Waals surface area contributed by atoms with Crippen molar-refractivity contribution in [1.82, 2.24) is 4.98 Å². The maximum atomic E-state index is 13.7. The zero-order valence-corrected chi connectivity index (χ0v) is 12.0. The molecule has 2 heterocycles. The van der Waals surface area contributed by atoms with Crippen molar-refractivity contribution in [3.8, 4) is 0 Å². The molecule has 0 aromatic carbocycles. The maximum absolute atomic E-state index is 13.7. The quantitative estimate of drug-likeness (QED) is 0.914. The van der Waals surface area contributed by atoms with E-state index < -0.39 is 0 Å². The van der Waals surface area contributed by atoms with Gasteiger partial charge >= 0.3 is 0 Å². The van der Waals surface area contributed by atoms with Gasteiger partial charge in [-0.25, -0.2) is 9.37 Å². The minimum Gasteiger partial charge on any atom is -0.466 e. The van der Waals surface area contributed by atoms with E-state index >= 15 is 0 Å². The van der Waals surface area contributed by atoms with Crippen LogP contribution in [0.4, 0.5) is 10.2 Å². The summed E-state index contributed by atoms with van der Waals surface area (Å²) in [7, 11) is 0. The number of furan rings is 1. The summed E-state index contributed by atoms with van der Waals surface area (Å²) < 4.78 is 19.7. The minimum absolute atomic E-state index is 0.0642. The Hall–Kier alpha value is -1.36. The second-order valence-corrected chi connectivity index (χ2v) is 5.13. The molecule has 18 heavy (non-hydrogen) atoms. The molecule has 0 bridgehead atoms. The van der Waals surface area contributed by atoms with Crippen LogP contribution < -0.4 is 5.32 Å². The van der Waals surface area contributed by atoms with Gasteiger partial charge in [0.15, 0.2) is 11.6 Å². The molecule has 1 atom stereocenters. The highest BCUT2D eigenvalue weighted by molar-refractivity contribution is 9.10. The number of anilines is 1. The van der Waals surface area contributed by atoms with E-state index in [1.54, 1.807) is 6.20 Å². The summed E-state index contributed by atoms with van der Waals surface area (Å²) in [5.41, 5.74) is 1.01. The van der Waals surface area contributed by atoms with Gasteiger partial charge in [-0.05, 0) is 48.8 Å². The van der Waals surface area contributed by atoms with Crippen molar-refractivity contribution in [2.75, 3.05) is 5.32 Å². The normalized spacial score (nSPS) is 12.5. The summed E-state index contributed by atoms with van der Waals surface area (Å²) in [5, 5.41) is 3.04. The Morgan fingerprint density at radius 3 is 2.67 bits per heavy atom. The fourth-order valence-corrected chi connectivity index (χ4v) is 2.19. The Balaban J connectivity index is 2.21. The number of aryl methyl sites for hydroxylation is 2. The zero-order chi connectivity index (χ0) is 13.3. The van der Waals surface area contributed by atoms with Gasteiger partial charge in [-0.2, -0.15) is 0 Å². The van der Waals surface area contributed by atoms with Crippen molar-refractivity contribution >= 4 is 21.7 Å². The second kappa shape index (κ2) is 5.10. The summed E-state index contributed by atoms with van der Waals surface area (Å²) in [5.74, 6) is 1.54. The van der Waals surface area contributed by atoms with Gasteiger partial charge < -0.3 is 9.73 Å². The molecule has 0 saturated carbocycles. The Kier molecular flexibility index (Phi) is 3.71. The van der Waals surface area contributed by atoms with Gasteiger partial charge in [-0.1, -0.05) is 0 Å². The largest absolute Gasteiger partial charge is 0.466 e. The van der Waals surface area contributed by atoms with E-state index in [0.29, 0.717) is 4.47 Å². The van der Waals surface area contributed by atoms with Crippen molar-refractivity contribution in [3.05, 3.63) is 45.7 Å². The highest BCUT2D eigenvalue weighted by Gasteiger charge is 2.14. The number of pyridine rings is 1. The first-order valence-electron chi connectivity index (χ1n) is 5.62. The molecular weight excluding hydrogens is 299 g/mol. The number of nitrogens with zero attached hydrogens (tertiary/aromatic N) is 1. The van der Waals surface area contributed by atoms with Gasteiger partial charge in [0.1, 0.15) is 11.5 Å². The predicted molar refractivity (Wildman–Crippen MR) is 72.1 cm³/mol. The van der Waals surface area contributed by atoms with E-state index in [4.69, 9.17) is 4.42 Å². The SMILES string of the molecule is Cc1cc(C(C)Nc2ncc(Br)cc2F)c(C)o1. The molecule has 2 aromatic rings. The van der Waals surface area contributed by atoms with Gasteiger partial charge in [0.2, 0.25) is 0 Å². The van der Waals surface area contributed by atoms with Crippen LogP contribution in [0.1, 0.15) is 30.0 Å². The Morgan fingerprint density at radius 1 is 1.39 bits per heavy atom. The number of halogens is 2. The Labute approximate surface area is 114 Å². The molecule has 1 N–H and O–H groups in total. The molecule has 0 fully saturated rings. The fraction of sp³-hybridized carbons (Fsp3) is 0.308.